The molecule has 3 heteroatoms. The largest absolute Gasteiger partial charge is 0.318 e. The van der Waals surface area contributed by atoms with E-state index >= 15 is 0 Å². The van der Waals surface area contributed by atoms with E-state index in [9.17, 15) is 0 Å². The van der Waals surface area contributed by atoms with Crippen LogP contribution in [0.15, 0.2) is 18.7 Å². The minimum Gasteiger partial charge on any atom is -0.318 e. The summed E-state index contributed by atoms with van der Waals surface area (Å²) in [5, 5.41) is 0.676. The Hall–Kier alpha value is -0.360. The van der Waals surface area contributed by atoms with Crippen LogP contribution in [0.5, 0.6) is 0 Å². The van der Waals surface area contributed by atoms with Crippen molar-refractivity contribution < 1.29 is 0 Å². The number of aromatic nitrogens is 2. The van der Waals surface area contributed by atoms with Gasteiger partial charge in [-0.2, -0.15) is 0 Å². The van der Waals surface area contributed by atoms with E-state index in [4.69, 9.17) is 0 Å². The first-order valence-corrected chi connectivity index (χ1v) is 7.52. The van der Waals surface area contributed by atoms with Crippen molar-refractivity contribution in [1.82, 2.24) is 9.32 Å². The minimum absolute atomic E-state index is 0.676. The number of hydrogen-bond donors (Lipinski definition) is 0. The van der Waals surface area contributed by atoms with Gasteiger partial charge in [0.2, 0.25) is 0 Å². The zero-order valence-corrected chi connectivity index (χ0v) is 10.6. The van der Waals surface area contributed by atoms with E-state index in [-0.39, 0.29) is 0 Å². The third kappa shape index (κ3) is 1.46. The van der Waals surface area contributed by atoms with Gasteiger partial charge < -0.3 is 4.34 Å². The fourth-order valence-electron chi connectivity index (χ4n) is 4.85. The molecule has 2 nitrogen and oxygen atoms in total. The summed E-state index contributed by atoms with van der Waals surface area (Å²) in [6.07, 6.45) is 15.3. The molecule has 1 unspecified atom stereocenters. The molecule has 4 bridgehead atoms. The van der Waals surface area contributed by atoms with Crippen molar-refractivity contribution in [1.29, 1.82) is 0 Å². The summed E-state index contributed by atoms with van der Waals surface area (Å²) < 4.78 is 2.34. The van der Waals surface area contributed by atoms with Gasteiger partial charge in [-0.1, -0.05) is 0 Å². The Kier molecular flexibility index (Phi) is 2.00. The lowest BCUT2D eigenvalue weighted by Gasteiger charge is -2.56. The quantitative estimate of drug-likeness (QED) is 0.718. The van der Waals surface area contributed by atoms with Gasteiger partial charge in [-0.25, -0.2) is 4.98 Å². The molecule has 5 rings (SSSR count). The summed E-state index contributed by atoms with van der Waals surface area (Å²) in [4.78, 5) is 4.19. The molecule has 0 spiro atoms. The van der Waals surface area contributed by atoms with E-state index < -0.39 is 0 Å². The van der Waals surface area contributed by atoms with E-state index in [0.717, 1.165) is 26.5 Å². The maximum Gasteiger partial charge on any atom is 0.0977 e. The van der Waals surface area contributed by atoms with Crippen molar-refractivity contribution >= 4 is 8.73 Å². The third-order valence-corrected chi connectivity index (χ3v) is 6.52. The maximum atomic E-state index is 4.19. The van der Waals surface area contributed by atoms with Crippen molar-refractivity contribution in [2.45, 2.75) is 43.7 Å². The first-order valence-electron chi connectivity index (χ1n) is 6.57. The predicted molar refractivity (Wildman–Crippen MR) is 66.8 cm³/mol. The number of nitrogens with zero attached hydrogens (tertiary/aromatic N) is 2. The molecule has 4 saturated carbocycles. The Bertz CT molecular complexity index is 349. The van der Waals surface area contributed by atoms with Gasteiger partial charge in [-0.05, 0) is 65.0 Å². The van der Waals surface area contributed by atoms with Crippen molar-refractivity contribution in [3.63, 3.8) is 0 Å². The second-order valence-corrected chi connectivity index (χ2v) is 8.08. The average Bonchev–Trinajstić information content (AvgIpc) is 2.66. The molecule has 1 aromatic rings. The predicted octanol–water partition coefficient (Wildman–Crippen LogP) is 3.29. The summed E-state index contributed by atoms with van der Waals surface area (Å²) in [6, 6.07) is 0. The van der Waals surface area contributed by atoms with Gasteiger partial charge in [0.05, 0.1) is 6.33 Å². The Morgan fingerprint density at radius 2 is 1.69 bits per heavy atom. The standard InChI is InChI=1S/C13H19N2P/c1-2-15(9-14-1)16-13-6-10-3-11(7-13)5-12(4-10)8-13/h1-2,9-12,16H,3-8H2. The maximum absolute atomic E-state index is 4.19. The normalized spacial score (nSPS) is 45.9. The highest BCUT2D eigenvalue weighted by molar-refractivity contribution is 7.38. The van der Waals surface area contributed by atoms with Crippen LogP contribution < -0.4 is 0 Å². The lowest BCUT2D eigenvalue weighted by molar-refractivity contribution is 0.0364. The molecular formula is C13H19N2P. The first-order chi connectivity index (χ1) is 7.81. The van der Waals surface area contributed by atoms with Gasteiger partial charge >= 0.3 is 0 Å². The molecule has 0 N–H and O–H groups in total. The molecule has 4 aliphatic rings. The van der Waals surface area contributed by atoms with Gasteiger partial charge in [0.1, 0.15) is 0 Å². The molecule has 0 saturated heterocycles. The molecule has 0 aliphatic heterocycles. The Morgan fingerprint density at radius 3 is 2.19 bits per heavy atom. The van der Waals surface area contributed by atoms with E-state index in [2.05, 4.69) is 15.5 Å². The first kappa shape index (κ1) is 9.65. The van der Waals surface area contributed by atoms with Crippen molar-refractivity contribution in [3.8, 4) is 0 Å². The van der Waals surface area contributed by atoms with Crippen LogP contribution in [0.4, 0.5) is 0 Å². The molecule has 86 valence electrons. The smallest absolute Gasteiger partial charge is 0.0977 e. The third-order valence-electron chi connectivity index (χ3n) is 4.91. The average molecular weight is 234 g/mol. The molecule has 0 radical (unpaired) electrons. The van der Waals surface area contributed by atoms with Crippen molar-refractivity contribution in [3.05, 3.63) is 18.7 Å². The topological polar surface area (TPSA) is 17.8 Å². The molecule has 1 atom stereocenters. The zero-order valence-electron chi connectivity index (χ0n) is 9.60. The Morgan fingerprint density at radius 1 is 1.06 bits per heavy atom. The SMILES string of the molecule is c1cn(PC23CC4CC(CC(C4)C2)C3)cn1. The molecule has 0 aromatic carbocycles. The molecular weight excluding hydrogens is 215 g/mol. The number of rotatable bonds is 2. The van der Waals surface area contributed by atoms with Crippen LogP contribution >= 0.6 is 8.73 Å². The van der Waals surface area contributed by atoms with Crippen LogP contribution in [0.1, 0.15) is 38.5 Å². The van der Waals surface area contributed by atoms with E-state index in [0.29, 0.717) is 5.16 Å². The highest BCUT2D eigenvalue weighted by Gasteiger charge is 2.51. The summed E-state index contributed by atoms with van der Waals surface area (Å²) in [5.41, 5.74) is 0. The summed E-state index contributed by atoms with van der Waals surface area (Å²) >= 11 is 0. The Labute approximate surface area is 98.7 Å². The fraction of sp³-hybridized carbons (Fsp3) is 0.769. The second-order valence-electron chi connectivity index (χ2n) is 6.28. The highest BCUT2D eigenvalue weighted by atomic mass is 31.1. The zero-order chi connectivity index (χ0) is 10.6. The molecule has 1 heterocycles. The van der Waals surface area contributed by atoms with Gasteiger partial charge in [-0.3, -0.25) is 0 Å². The molecule has 1 aromatic heterocycles. The molecule has 4 aliphatic carbocycles. The number of hydrogen-bond acceptors (Lipinski definition) is 1. The van der Waals surface area contributed by atoms with Gasteiger partial charge in [0.25, 0.3) is 0 Å². The van der Waals surface area contributed by atoms with Crippen LogP contribution in [0.25, 0.3) is 0 Å². The fourth-order valence-corrected chi connectivity index (χ4v) is 6.80. The highest BCUT2D eigenvalue weighted by Crippen LogP contribution is 2.62. The molecule has 16 heavy (non-hydrogen) atoms. The van der Waals surface area contributed by atoms with Gasteiger partial charge in [-0.15, -0.1) is 0 Å². The molecule has 0 amide bonds. The van der Waals surface area contributed by atoms with Crippen molar-refractivity contribution in [2.24, 2.45) is 17.8 Å². The monoisotopic (exact) mass is 234 g/mol. The van der Waals surface area contributed by atoms with Crippen LogP contribution in [0, 0.1) is 17.8 Å². The van der Waals surface area contributed by atoms with Crippen LogP contribution in [0.2, 0.25) is 0 Å². The van der Waals surface area contributed by atoms with Crippen LogP contribution in [-0.4, -0.2) is 14.5 Å². The second kappa shape index (κ2) is 3.32. The van der Waals surface area contributed by atoms with Crippen LogP contribution in [-0.2, 0) is 0 Å². The van der Waals surface area contributed by atoms with Crippen LogP contribution in [0.3, 0.4) is 0 Å². The lowest BCUT2D eigenvalue weighted by atomic mass is 9.56. The van der Waals surface area contributed by atoms with Gasteiger partial charge in [0, 0.05) is 17.5 Å². The van der Waals surface area contributed by atoms with E-state index in [1.165, 1.54) is 19.3 Å². The summed E-state index contributed by atoms with van der Waals surface area (Å²) in [5.74, 6) is 3.21. The summed E-state index contributed by atoms with van der Waals surface area (Å²) in [7, 11) is 0.956. The minimum atomic E-state index is 0.676. The van der Waals surface area contributed by atoms with E-state index in [1.807, 2.05) is 12.5 Å². The Balaban J connectivity index is 1.62. The van der Waals surface area contributed by atoms with Crippen molar-refractivity contribution in [2.75, 3.05) is 0 Å². The molecule has 4 fully saturated rings. The van der Waals surface area contributed by atoms with Gasteiger partial charge in [0.15, 0.2) is 0 Å². The summed E-state index contributed by atoms with van der Waals surface area (Å²) in [6.45, 7) is 0. The van der Waals surface area contributed by atoms with E-state index in [1.54, 1.807) is 19.3 Å². The lowest BCUT2D eigenvalue weighted by Crippen LogP contribution is -2.48. The number of imidazole rings is 1.